The number of nitrogens with zero attached hydrogens (tertiary/aromatic N) is 4. The van der Waals surface area contributed by atoms with Crippen LogP contribution in [0.5, 0.6) is 0 Å². The second kappa shape index (κ2) is 9.22. The van der Waals surface area contributed by atoms with E-state index in [-0.39, 0.29) is 5.91 Å². The molecular weight excluding hydrogens is 374 g/mol. The molecule has 1 aromatic carbocycles. The molecule has 0 unspecified atom stereocenters. The topological polar surface area (TPSA) is 63.1 Å². The molecule has 4 rings (SSSR count). The Morgan fingerprint density at radius 2 is 2.00 bits per heavy atom. The summed E-state index contributed by atoms with van der Waals surface area (Å²) >= 11 is 0. The zero-order chi connectivity index (χ0) is 20.9. The number of rotatable bonds is 7. The summed E-state index contributed by atoms with van der Waals surface area (Å²) in [6.45, 7) is 1.46. The zero-order valence-corrected chi connectivity index (χ0v) is 17.7. The highest BCUT2D eigenvalue weighted by molar-refractivity contribution is 5.94. The third kappa shape index (κ3) is 4.60. The number of amides is 1. The average Bonchev–Trinajstić information content (AvgIpc) is 3.10. The molecule has 0 saturated carbocycles. The van der Waals surface area contributed by atoms with E-state index in [1.165, 1.54) is 5.69 Å². The number of hydrogen-bond donors (Lipinski definition) is 1. The first-order chi connectivity index (χ1) is 14.6. The third-order valence-corrected chi connectivity index (χ3v) is 5.81. The Balaban J connectivity index is 1.41. The Morgan fingerprint density at radius 1 is 1.20 bits per heavy atom. The molecule has 0 radical (unpaired) electrons. The van der Waals surface area contributed by atoms with Gasteiger partial charge in [0.15, 0.2) is 5.69 Å². The van der Waals surface area contributed by atoms with Crippen molar-refractivity contribution < 1.29 is 4.79 Å². The molecule has 0 spiro atoms. The summed E-state index contributed by atoms with van der Waals surface area (Å²) in [5, 5.41) is 8.26. The minimum atomic E-state index is -0.00941. The largest absolute Gasteiger partial charge is 0.336 e. The molecule has 30 heavy (non-hydrogen) atoms. The molecule has 0 bridgehead atoms. The van der Waals surface area contributed by atoms with Gasteiger partial charge in [0.2, 0.25) is 0 Å². The van der Waals surface area contributed by atoms with E-state index in [0.717, 1.165) is 49.0 Å². The van der Waals surface area contributed by atoms with Crippen LogP contribution in [0.15, 0.2) is 54.7 Å². The van der Waals surface area contributed by atoms with Crippen molar-refractivity contribution in [3.05, 3.63) is 82.9 Å². The molecule has 0 aliphatic heterocycles. The second-order valence-electron chi connectivity index (χ2n) is 8.01. The fourth-order valence-electron chi connectivity index (χ4n) is 4.20. The Kier molecular flexibility index (Phi) is 6.23. The summed E-state index contributed by atoms with van der Waals surface area (Å²) in [6, 6.07) is 16.4. The van der Waals surface area contributed by atoms with E-state index in [2.05, 4.69) is 21.5 Å². The highest BCUT2D eigenvalue weighted by atomic mass is 16.2. The summed E-state index contributed by atoms with van der Waals surface area (Å²) in [4.78, 5) is 19.3. The first-order valence-electron chi connectivity index (χ1n) is 10.6. The van der Waals surface area contributed by atoms with Crippen LogP contribution in [0.25, 0.3) is 0 Å². The first kappa shape index (κ1) is 20.3. The number of aromatic nitrogens is 3. The molecule has 1 aliphatic rings. The van der Waals surface area contributed by atoms with Crippen LogP contribution < -0.4 is 5.32 Å². The minimum Gasteiger partial charge on any atom is -0.336 e. The molecule has 2 aromatic heterocycles. The van der Waals surface area contributed by atoms with Gasteiger partial charge in [0, 0.05) is 62.8 Å². The van der Waals surface area contributed by atoms with Crippen LogP contribution in [-0.2, 0) is 32.9 Å². The van der Waals surface area contributed by atoms with Gasteiger partial charge in [-0.05, 0) is 37.0 Å². The quantitative estimate of drug-likeness (QED) is 0.659. The van der Waals surface area contributed by atoms with E-state index >= 15 is 0 Å². The fourth-order valence-corrected chi connectivity index (χ4v) is 4.20. The third-order valence-electron chi connectivity index (χ3n) is 5.81. The Hall–Kier alpha value is -2.99. The van der Waals surface area contributed by atoms with E-state index in [9.17, 15) is 4.79 Å². The maximum absolute atomic E-state index is 13.2. The molecule has 1 amide bonds. The lowest BCUT2D eigenvalue weighted by molar-refractivity contribution is 0.0777. The monoisotopic (exact) mass is 403 g/mol. The number of pyridine rings is 1. The zero-order valence-electron chi connectivity index (χ0n) is 17.7. The summed E-state index contributed by atoms with van der Waals surface area (Å²) in [7, 11) is 3.80. The van der Waals surface area contributed by atoms with Gasteiger partial charge < -0.3 is 10.2 Å². The minimum absolute atomic E-state index is 0.00941. The van der Waals surface area contributed by atoms with Crippen LogP contribution in [0, 0.1) is 0 Å². The van der Waals surface area contributed by atoms with Crippen LogP contribution in [0.3, 0.4) is 0 Å². The van der Waals surface area contributed by atoms with Crippen LogP contribution in [0.1, 0.15) is 39.4 Å². The van der Waals surface area contributed by atoms with Gasteiger partial charge in [-0.1, -0.05) is 36.4 Å². The highest BCUT2D eigenvalue weighted by Gasteiger charge is 2.29. The molecule has 1 N–H and O–H groups in total. The molecule has 2 heterocycles. The lowest BCUT2D eigenvalue weighted by atomic mass is 9.91. The molecule has 0 saturated heterocycles. The molecule has 3 aromatic rings. The molecule has 0 fully saturated rings. The number of benzene rings is 1. The normalized spacial score (nSPS) is 15.6. The summed E-state index contributed by atoms with van der Waals surface area (Å²) in [5.74, 6) is -0.00941. The Labute approximate surface area is 177 Å². The van der Waals surface area contributed by atoms with E-state index in [4.69, 9.17) is 0 Å². The predicted octanol–water partition coefficient (Wildman–Crippen LogP) is 2.78. The molecule has 6 nitrogen and oxygen atoms in total. The first-order valence-corrected chi connectivity index (χ1v) is 10.6. The van der Waals surface area contributed by atoms with Crippen molar-refractivity contribution in [2.45, 2.75) is 38.3 Å². The second-order valence-corrected chi connectivity index (χ2v) is 8.01. The van der Waals surface area contributed by atoms with Crippen molar-refractivity contribution in [2.75, 3.05) is 13.6 Å². The van der Waals surface area contributed by atoms with E-state index < -0.39 is 0 Å². The van der Waals surface area contributed by atoms with Crippen LogP contribution in [-0.4, -0.2) is 45.2 Å². The molecule has 1 atom stereocenters. The van der Waals surface area contributed by atoms with Crippen molar-refractivity contribution in [1.82, 2.24) is 25.0 Å². The van der Waals surface area contributed by atoms with Gasteiger partial charge in [-0.25, -0.2) is 0 Å². The molecule has 156 valence electrons. The number of aryl methyl sites for hydroxylation is 1. The molecule has 6 heteroatoms. The number of fused-ring (bicyclic) bond motifs is 1. The van der Waals surface area contributed by atoms with Crippen LogP contribution in [0.4, 0.5) is 0 Å². The van der Waals surface area contributed by atoms with Gasteiger partial charge in [0.05, 0.1) is 0 Å². The highest BCUT2D eigenvalue weighted by Crippen LogP contribution is 2.25. The summed E-state index contributed by atoms with van der Waals surface area (Å²) < 4.78 is 1.89. The SMILES string of the molecule is CN(Cc1ccccc1)C(=O)c1nn(C)c2c1C[C@H](NCCc1ccccn1)CC2. The Morgan fingerprint density at radius 3 is 2.77 bits per heavy atom. The van der Waals surface area contributed by atoms with Crippen LogP contribution >= 0.6 is 0 Å². The van der Waals surface area contributed by atoms with Gasteiger partial charge in [0.1, 0.15) is 0 Å². The van der Waals surface area contributed by atoms with Gasteiger partial charge in [-0.15, -0.1) is 0 Å². The van der Waals surface area contributed by atoms with Gasteiger partial charge in [-0.3, -0.25) is 14.5 Å². The van der Waals surface area contributed by atoms with Crippen molar-refractivity contribution in [3.8, 4) is 0 Å². The maximum atomic E-state index is 13.2. The summed E-state index contributed by atoms with van der Waals surface area (Å²) in [6.07, 6.45) is 5.58. The van der Waals surface area contributed by atoms with E-state index in [0.29, 0.717) is 18.3 Å². The fraction of sp³-hybridized carbons (Fsp3) is 0.375. The maximum Gasteiger partial charge on any atom is 0.274 e. The van der Waals surface area contributed by atoms with Crippen molar-refractivity contribution in [1.29, 1.82) is 0 Å². The van der Waals surface area contributed by atoms with Gasteiger partial charge in [0.25, 0.3) is 5.91 Å². The van der Waals surface area contributed by atoms with E-state index in [1.54, 1.807) is 4.90 Å². The lowest BCUT2D eigenvalue weighted by Crippen LogP contribution is -2.37. The molecule has 1 aliphatic carbocycles. The number of carbonyl (C=O) groups is 1. The van der Waals surface area contributed by atoms with Gasteiger partial charge in [-0.2, -0.15) is 5.10 Å². The van der Waals surface area contributed by atoms with Crippen molar-refractivity contribution in [2.24, 2.45) is 7.05 Å². The average molecular weight is 404 g/mol. The van der Waals surface area contributed by atoms with E-state index in [1.807, 2.05) is 67.4 Å². The number of hydrogen-bond acceptors (Lipinski definition) is 4. The Bertz CT molecular complexity index is 984. The van der Waals surface area contributed by atoms with Crippen molar-refractivity contribution in [3.63, 3.8) is 0 Å². The number of carbonyl (C=O) groups excluding carboxylic acids is 1. The van der Waals surface area contributed by atoms with Crippen LogP contribution in [0.2, 0.25) is 0 Å². The standard InChI is InChI=1S/C24H29N5O/c1-28(17-18-8-4-3-5-9-18)24(30)23-21-16-20(11-12-22(21)29(2)27-23)26-15-13-19-10-6-7-14-25-19/h3-10,14,20,26H,11-13,15-17H2,1-2H3/t20-/m1/s1. The number of nitrogens with one attached hydrogen (secondary N) is 1. The smallest absolute Gasteiger partial charge is 0.274 e. The van der Waals surface area contributed by atoms with Gasteiger partial charge >= 0.3 is 0 Å². The predicted molar refractivity (Wildman–Crippen MR) is 117 cm³/mol. The molecular formula is C24H29N5O. The lowest BCUT2D eigenvalue weighted by Gasteiger charge is -2.25. The van der Waals surface area contributed by atoms with Crippen molar-refractivity contribution >= 4 is 5.91 Å². The summed E-state index contributed by atoms with van der Waals surface area (Å²) in [5.41, 5.74) is 5.11.